The van der Waals surface area contributed by atoms with Crippen molar-refractivity contribution in [1.29, 1.82) is 0 Å². The van der Waals surface area contributed by atoms with E-state index < -0.39 is 0 Å². The highest BCUT2D eigenvalue weighted by Crippen LogP contribution is 2.36. The van der Waals surface area contributed by atoms with Crippen LogP contribution in [-0.2, 0) is 0 Å². The summed E-state index contributed by atoms with van der Waals surface area (Å²) in [5, 5.41) is 5.39. The summed E-state index contributed by atoms with van der Waals surface area (Å²) >= 11 is 9.36. The summed E-state index contributed by atoms with van der Waals surface area (Å²) in [4.78, 5) is 22.1. The van der Waals surface area contributed by atoms with Crippen LogP contribution in [-0.4, -0.2) is 15.9 Å². The van der Waals surface area contributed by atoms with E-state index >= 15 is 0 Å². The average Bonchev–Trinajstić information content (AvgIpc) is 3.48. The molecule has 0 aliphatic rings. The molecule has 6 aromatic rings. The van der Waals surface area contributed by atoms with E-state index in [0.717, 1.165) is 36.9 Å². The van der Waals surface area contributed by atoms with Gasteiger partial charge in [0.2, 0.25) is 0 Å². The van der Waals surface area contributed by atoms with Crippen LogP contribution < -0.4 is 5.32 Å². The van der Waals surface area contributed by atoms with Crippen molar-refractivity contribution in [2.75, 3.05) is 5.32 Å². The Labute approximate surface area is 214 Å². The summed E-state index contributed by atoms with van der Waals surface area (Å²) in [5.74, 6) is -0.197. The van der Waals surface area contributed by atoms with E-state index in [-0.39, 0.29) is 5.91 Å². The van der Waals surface area contributed by atoms with Crippen molar-refractivity contribution in [2.45, 2.75) is 6.92 Å². The predicted octanol–water partition coefficient (Wildman–Crippen LogP) is 8.45. The van der Waals surface area contributed by atoms with Gasteiger partial charge in [0, 0.05) is 27.4 Å². The maximum atomic E-state index is 12.5. The van der Waals surface area contributed by atoms with Gasteiger partial charge in [-0.25, -0.2) is 9.97 Å². The fourth-order valence-corrected chi connectivity index (χ4v) is 6.13. The molecule has 1 amide bonds. The molecule has 35 heavy (non-hydrogen) atoms. The number of aryl methyl sites for hydroxylation is 1. The quantitative estimate of drug-likeness (QED) is 0.258. The van der Waals surface area contributed by atoms with Crippen LogP contribution in [0.5, 0.6) is 0 Å². The number of amides is 1. The number of fused-ring (bicyclic) bond motifs is 2. The molecule has 0 aliphatic heterocycles. The monoisotopic (exact) mass is 511 g/mol. The van der Waals surface area contributed by atoms with E-state index in [2.05, 4.69) is 48.6 Å². The smallest absolute Gasteiger partial charge is 0.255 e. The number of thiazole rings is 2. The van der Waals surface area contributed by atoms with Gasteiger partial charge in [-0.05, 0) is 85.3 Å². The van der Waals surface area contributed by atoms with E-state index in [4.69, 9.17) is 21.6 Å². The summed E-state index contributed by atoms with van der Waals surface area (Å²) in [6.45, 7) is 2.10. The number of carbonyl (C=O) groups is 1. The van der Waals surface area contributed by atoms with Gasteiger partial charge < -0.3 is 5.32 Å². The van der Waals surface area contributed by atoms with Crippen molar-refractivity contribution < 1.29 is 4.79 Å². The fraction of sp³-hybridized carbons (Fsp3) is 0.0357. The largest absolute Gasteiger partial charge is 0.322 e. The van der Waals surface area contributed by atoms with Crippen molar-refractivity contribution in [1.82, 2.24) is 9.97 Å². The first-order valence-corrected chi connectivity index (χ1v) is 13.0. The number of nitrogens with one attached hydrogen (secondary N) is 1. The second-order valence-electron chi connectivity index (χ2n) is 8.23. The number of rotatable bonds is 4. The number of hydrogen-bond donors (Lipinski definition) is 1. The van der Waals surface area contributed by atoms with E-state index in [1.165, 1.54) is 10.3 Å². The Kier molecular flexibility index (Phi) is 5.57. The first-order valence-electron chi connectivity index (χ1n) is 11.0. The second-order valence-corrected chi connectivity index (χ2v) is 10.7. The highest BCUT2D eigenvalue weighted by molar-refractivity contribution is 7.22. The van der Waals surface area contributed by atoms with Gasteiger partial charge in [-0.1, -0.05) is 23.7 Å². The summed E-state index contributed by atoms with van der Waals surface area (Å²) in [7, 11) is 0. The van der Waals surface area contributed by atoms with Crippen LogP contribution in [0.4, 0.5) is 5.69 Å². The number of benzene rings is 4. The third-order valence-corrected chi connectivity index (χ3v) is 8.03. The summed E-state index contributed by atoms with van der Waals surface area (Å²) in [6.07, 6.45) is 0. The van der Waals surface area contributed by atoms with Crippen LogP contribution in [0.15, 0.2) is 84.9 Å². The first kappa shape index (κ1) is 21.9. The molecular weight excluding hydrogens is 494 g/mol. The fourth-order valence-electron chi connectivity index (χ4n) is 3.87. The summed E-state index contributed by atoms with van der Waals surface area (Å²) in [6, 6.07) is 27.3. The zero-order valence-corrected chi connectivity index (χ0v) is 21.0. The van der Waals surface area contributed by atoms with Crippen LogP contribution >= 0.6 is 34.3 Å². The van der Waals surface area contributed by atoms with Gasteiger partial charge in [0.05, 0.1) is 20.4 Å². The van der Waals surface area contributed by atoms with Crippen molar-refractivity contribution in [3.63, 3.8) is 0 Å². The van der Waals surface area contributed by atoms with Crippen molar-refractivity contribution in [3.8, 4) is 21.1 Å². The minimum absolute atomic E-state index is 0.197. The van der Waals surface area contributed by atoms with E-state index in [1.807, 2.05) is 24.3 Å². The standard InChI is InChI=1S/C28H18ClN3OS2/c1-16-5-11-22-24(13-16)34-28(32-22)19-8-12-23-25(15-19)35-27(31-23)17-6-9-21(10-7-17)30-26(33)18-3-2-4-20(29)14-18/h2-15H,1H3,(H,30,33). The van der Waals surface area contributed by atoms with E-state index in [0.29, 0.717) is 16.3 Å². The third-order valence-electron chi connectivity index (χ3n) is 5.66. The zero-order chi connectivity index (χ0) is 23.9. The molecule has 0 spiro atoms. The molecule has 4 aromatic carbocycles. The van der Waals surface area contributed by atoms with Gasteiger partial charge in [0.15, 0.2) is 0 Å². The number of hydrogen-bond acceptors (Lipinski definition) is 5. The molecule has 0 atom stereocenters. The Morgan fingerprint density at radius 2 is 1.43 bits per heavy atom. The molecule has 4 nitrogen and oxygen atoms in total. The number of anilines is 1. The Morgan fingerprint density at radius 3 is 2.17 bits per heavy atom. The number of aromatic nitrogens is 2. The molecule has 0 saturated heterocycles. The maximum absolute atomic E-state index is 12.5. The highest BCUT2D eigenvalue weighted by Gasteiger charge is 2.12. The van der Waals surface area contributed by atoms with Crippen LogP contribution in [0.3, 0.4) is 0 Å². The molecule has 0 bridgehead atoms. The molecule has 0 fully saturated rings. The topological polar surface area (TPSA) is 54.9 Å². The van der Waals surface area contributed by atoms with Crippen LogP contribution in [0.2, 0.25) is 5.02 Å². The van der Waals surface area contributed by atoms with Gasteiger partial charge in [0.1, 0.15) is 10.0 Å². The lowest BCUT2D eigenvalue weighted by molar-refractivity contribution is 0.102. The SMILES string of the molecule is Cc1ccc2nc(-c3ccc4nc(-c5ccc(NC(=O)c6cccc(Cl)c6)cc5)sc4c3)sc2c1. The second kappa shape index (κ2) is 8.89. The van der Waals surface area contributed by atoms with Crippen LogP contribution in [0.1, 0.15) is 15.9 Å². The number of nitrogens with zero attached hydrogens (tertiary/aromatic N) is 2. The Bertz CT molecular complexity index is 1720. The number of halogens is 1. The average molecular weight is 512 g/mol. The molecule has 0 unspecified atom stereocenters. The zero-order valence-electron chi connectivity index (χ0n) is 18.6. The summed E-state index contributed by atoms with van der Waals surface area (Å²) < 4.78 is 2.32. The van der Waals surface area contributed by atoms with Gasteiger partial charge in [-0.15, -0.1) is 22.7 Å². The molecule has 0 radical (unpaired) electrons. The number of carbonyl (C=O) groups excluding carboxylic acids is 1. The molecule has 170 valence electrons. The van der Waals surface area contributed by atoms with Crippen molar-refractivity contribution in [3.05, 3.63) is 101 Å². The first-order chi connectivity index (χ1) is 17.0. The normalized spacial score (nSPS) is 11.3. The highest BCUT2D eigenvalue weighted by atomic mass is 35.5. The Balaban J connectivity index is 1.25. The molecule has 0 saturated carbocycles. The van der Waals surface area contributed by atoms with Gasteiger partial charge in [-0.3, -0.25) is 4.79 Å². The van der Waals surface area contributed by atoms with Gasteiger partial charge in [0.25, 0.3) is 5.91 Å². The molecular formula is C28H18ClN3OS2. The summed E-state index contributed by atoms with van der Waals surface area (Å²) in [5.41, 5.74) is 6.58. The van der Waals surface area contributed by atoms with Crippen molar-refractivity contribution >= 4 is 66.3 Å². The van der Waals surface area contributed by atoms with Gasteiger partial charge >= 0.3 is 0 Å². The van der Waals surface area contributed by atoms with E-state index in [9.17, 15) is 4.79 Å². The van der Waals surface area contributed by atoms with Crippen molar-refractivity contribution in [2.24, 2.45) is 0 Å². The lowest BCUT2D eigenvalue weighted by atomic mass is 10.2. The lowest BCUT2D eigenvalue weighted by Gasteiger charge is -2.06. The molecule has 1 N–H and O–H groups in total. The third kappa shape index (κ3) is 4.44. The van der Waals surface area contributed by atoms with Crippen LogP contribution in [0.25, 0.3) is 41.6 Å². The molecule has 6 rings (SSSR count). The Morgan fingerprint density at radius 1 is 0.771 bits per heavy atom. The van der Waals surface area contributed by atoms with Gasteiger partial charge in [-0.2, -0.15) is 0 Å². The molecule has 2 aromatic heterocycles. The maximum Gasteiger partial charge on any atom is 0.255 e. The minimum Gasteiger partial charge on any atom is -0.322 e. The van der Waals surface area contributed by atoms with E-state index in [1.54, 1.807) is 46.9 Å². The lowest BCUT2D eigenvalue weighted by Crippen LogP contribution is -2.11. The molecule has 2 heterocycles. The molecule has 7 heteroatoms. The minimum atomic E-state index is -0.197. The van der Waals surface area contributed by atoms with Crippen LogP contribution in [0, 0.1) is 6.92 Å². The predicted molar refractivity (Wildman–Crippen MR) is 148 cm³/mol. The Hall–Kier alpha value is -3.58. The molecule has 0 aliphatic carbocycles.